The van der Waals surface area contributed by atoms with E-state index in [1.807, 2.05) is 23.1 Å². The highest BCUT2D eigenvalue weighted by Crippen LogP contribution is 2.14. The van der Waals surface area contributed by atoms with E-state index >= 15 is 0 Å². The number of carbonyl (C=O) groups excluding carboxylic acids is 1. The summed E-state index contributed by atoms with van der Waals surface area (Å²) in [6, 6.07) is 10.5. The third-order valence-corrected chi connectivity index (χ3v) is 3.71. The molecule has 0 radical (unpaired) electrons. The zero-order valence-corrected chi connectivity index (χ0v) is 11.9. The first-order valence-electron chi connectivity index (χ1n) is 7.26. The van der Waals surface area contributed by atoms with Gasteiger partial charge in [-0.05, 0) is 38.8 Å². The molecule has 1 amide bonds. The first kappa shape index (κ1) is 14.1. The molecule has 0 bridgehead atoms. The van der Waals surface area contributed by atoms with E-state index in [9.17, 15) is 4.79 Å². The lowest BCUT2D eigenvalue weighted by Gasteiger charge is -2.32. The third-order valence-electron chi connectivity index (χ3n) is 3.71. The number of amides is 1. The third kappa shape index (κ3) is 3.80. The number of carbonyl (C=O) groups is 1. The molecule has 1 saturated heterocycles. The van der Waals surface area contributed by atoms with Gasteiger partial charge in [-0.25, -0.2) is 0 Å². The Hall–Kier alpha value is -1.35. The van der Waals surface area contributed by atoms with Crippen molar-refractivity contribution in [2.75, 3.05) is 6.54 Å². The Kier molecular flexibility index (Phi) is 4.97. The van der Waals surface area contributed by atoms with Crippen LogP contribution in [-0.4, -0.2) is 29.4 Å². The Balaban J connectivity index is 2.04. The Labute approximate surface area is 116 Å². The molecule has 104 valence electrons. The molecule has 0 spiro atoms. The van der Waals surface area contributed by atoms with E-state index in [0.717, 1.165) is 19.4 Å². The quantitative estimate of drug-likeness (QED) is 0.902. The zero-order chi connectivity index (χ0) is 13.7. The highest BCUT2D eigenvalue weighted by atomic mass is 16.2. The van der Waals surface area contributed by atoms with Crippen LogP contribution in [0.4, 0.5) is 0 Å². The van der Waals surface area contributed by atoms with Gasteiger partial charge in [0, 0.05) is 12.6 Å². The van der Waals surface area contributed by atoms with E-state index < -0.39 is 0 Å². The van der Waals surface area contributed by atoms with Crippen molar-refractivity contribution in [2.45, 2.75) is 51.7 Å². The van der Waals surface area contributed by atoms with E-state index in [2.05, 4.69) is 31.3 Å². The van der Waals surface area contributed by atoms with Crippen LogP contribution in [0.1, 0.15) is 38.7 Å². The largest absolute Gasteiger partial charge is 0.335 e. The van der Waals surface area contributed by atoms with Crippen molar-refractivity contribution in [1.82, 2.24) is 10.2 Å². The second-order valence-corrected chi connectivity index (χ2v) is 5.55. The number of nitrogens with one attached hydrogen (secondary N) is 1. The molecule has 1 N–H and O–H groups in total. The molecule has 0 aliphatic carbocycles. The molecule has 1 aliphatic rings. The maximum atomic E-state index is 12.6. The number of hydrogen-bond acceptors (Lipinski definition) is 2. The Morgan fingerprint density at radius 3 is 2.63 bits per heavy atom. The lowest BCUT2D eigenvalue weighted by Crippen LogP contribution is -2.50. The maximum Gasteiger partial charge on any atom is 0.240 e. The van der Waals surface area contributed by atoms with Crippen LogP contribution in [-0.2, 0) is 11.3 Å². The molecule has 0 saturated carbocycles. The van der Waals surface area contributed by atoms with Crippen LogP contribution < -0.4 is 5.32 Å². The van der Waals surface area contributed by atoms with Crippen molar-refractivity contribution < 1.29 is 4.79 Å². The van der Waals surface area contributed by atoms with Gasteiger partial charge in [-0.2, -0.15) is 0 Å². The molecule has 3 nitrogen and oxygen atoms in total. The summed E-state index contributed by atoms with van der Waals surface area (Å²) in [5.74, 6) is 0.249. The van der Waals surface area contributed by atoms with E-state index in [-0.39, 0.29) is 18.0 Å². The van der Waals surface area contributed by atoms with E-state index in [1.54, 1.807) is 0 Å². The highest BCUT2D eigenvalue weighted by Gasteiger charge is 2.27. The topological polar surface area (TPSA) is 32.3 Å². The minimum Gasteiger partial charge on any atom is -0.335 e. The number of benzene rings is 1. The molecule has 1 aromatic carbocycles. The van der Waals surface area contributed by atoms with Crippen LogP contribution in [0, 0.1) is 0 Å². The van der Waals surface area contributed by atoms with Crippen molar-refractivity contribution >= 4 is 5.91 Å². The standard InChI is InChI=1S/C16H24N2O/c1-13(2)18(12-14-8-4-3-5-9-14)16(19)15-10-6-7-11-17-15/h3-5,8-9,13,15,17H,6-7,10-12H2,1-2H3/t15-/m0/s1. The van der Waals surface area contributed by atoms with Crippen LogP contribution >= 0.6 is 0 Å². The van der Waals surface area contributed by atoms with Crippen LogP contribution in [0.15, 0.2) is 30.3 Å². The Bertz CT molecular complexity index is 396. The van der Waals surface area contributed by atoms with Crippen molar-refractivity contribution in [1.29, 1.82) is 0 Å². The normalized spacial score (nSPS) is 19.4. The summed E-state index contributed by atoms with van der Waals surface area (Å²) in [5, 5.41) is 3.35. The molecule has 1 fully saturated rings. The van der Waals surface area contributed by atoms with Crippen molar-refractivity contribution in [3.8, 4) is 0 Å². The molecule has 1 aromatic rings. The fourth-order valence-electron chi connectivity index (χ4n) is 2.56. The fraction of sp³-hybridized carbons (Fsp3) is 0.562. The molecule has 0 aromatic heterocycles. The molecule has 1 aliphatic heterocycles. The molecule has 0 unspecified atom stereocenters. The predicted molar refractivity (Wildman–Crippen MR) is 77.8 cm³/mol. The maximum absolute atomic E-state index is 12.6. The van der Waals surface area contributed by atoms with E-state index in [1.165, 1.54) is 12.0 Å². The molecule has 2 rings (SSSR count). The van der Waals surface area contributed by atoms with Gasteiger partial charge >= 0.3 is 0 Å². The first-order valence-corrected chi connectivity index (χ1v) is 7.26. The van der Waals surface area contributed by atoms with Crippen molar-refractivity contribution in [2.24, 2.45) is 0 Å². The van der Waals surface area contributed by atoms with Crippen molar-refractivity contribution in [3.63, 3.8) is 0 Å². The lowest BCUT2D eigenvalue weighted by atomic mass is 10.0. The van der Waals surface area contributed by atoms with E-state index in [4.69, 9.17) is 0 Å². The number of hydrogen-bond donors (Lipinski definition) is 1. The highest BCUT2D eigenvalue weighted by molar-refractivity contribution is 5.82. The summed E-state index contributed by atoms with van der Waals surface area (Å²) in [7, 11) is 0. The Morgan fingerprint density at radius 1 is 1.32 bits per heavy atom. The summed E-state index contributed by atoms with van der Waals surface area (Å²) in [6.45, 7) is 5.84. The van der Waals surface area contributed by atoms with Gasteiger partial charge in [0.05, 0.1) is 6.04 Å². The molecule has 1 atom stereocenters. The smallest absolute Gasteiger partial charge is 0.240 e. The summed E-state index contributed by atoms with van der Waals surface area (Å²) in [6.07, 6.45) is 3.31. The monoisotopic (exact) mass is 260 g/mol. The first-order chi connectivity index (χ1) is 9.18. The number of nitrogens with zero attached hydrogens (tertiary/aromatic N) is 1. The van der Waals surface area contributed by atoms with Gasteiger partial charge in [0.1, 0.15) is 0 Å². The summed E-state index contributed by atoms with van der Waals surface area (Å²) >= 11 is 0. The summed E-state index contributed by atoms with van der Waals surface area (Å²) in [4.78, 5) is 14.6. The van der Waals surface area contributed by atoms with Gasteiger partial charge in [-0.15, -0.1) is 0 Å². The van der Waals surface area contributed by atoms with Crippen molar-refractivity contribution in [3.05, 3.63) is 35.9 Å². The average molecular weight is 260 g/mol. The average Bonchev–Trinajstić information content (AvgIpc) is 2.46. The molecular formula is C16H24N2O. The van der Waals surface area contributed by atoms with Gasteiger partial charge in [0.25, 0.3) is 0 Å². The zero-order valence-electron chi connectivity index (χ0n) is 11.9. The fourth-order valence-corrected chi connectivity index (χ4v) is 2.56. The van der Waals surface area contributed by atoms with Gasteiger partial charge in [-0.3, -0.25) is 4.79 Å². The van der Waals surface area contributed by atoms with Gasteiger partial charge < -0.3 is 10.2 Å². The molecular weight excluding hydrogens is 236 g/mol. The van der Waals surface area contributed by atoms with Crippen LogP contribution in [0.5, 0.6) is 0 Å². The van der Waals surface area contributed by atoms with Crippen LogP contribution in [0.2, 0.25) is 0 Å². The van der Waals surface area contributed by atoms with E-state index in [0.29, 0.717) is 6.54 Å². The van der Waals surface area contributed by atoms with Crippen LogP contribution in [0.3, 0.4) is 0 Å². The Morgan fingerprint density at radius 2 is 2.05 bits per heavy atom. The van der Waals surface area contributed by atoms with Gasteiger partial charge in [0.15, 0.2) is 0 Å². The minimum atomic E-state index is 0.0138. The summed E-state index contributed by atoms with van der Waals surface area (Å²) in [5.41, 5.74) is 1.19. The summed E-state index contributed by atoms with van der Waals surface area (Å²) < 4.78 is 0. The number of rotatable bonds is 4. The number of piperidine rings is 1. The predicted octanol–water partition coefficient (Wildman–Crippen LogP) is 2.57. The van der Waals surface area contributed by atoms with Gasteiger partial charge in [0.2, 0.25) is 5.91 Å². The minimum absolute atomic E-state index is 0.0138. The molecule has 3 heteroatoms. The SMILES string of the molecule is CC(C)N(Cc1ccccc1)C(=O)[C@@H]1CCCCN1. The second kappa shape index (κ2) is 6.71. The second-order valence-electron chi connectivity index (χ2n) is 5.55. The van der Waals surface area contributed by atoms with Gasteiger partial charge in [-0.1, -0.05) is 36.8 Å². The lowest BCUT2D eigenvalue weighted by molar-refractivity contribution is -0.136. The molecule has 19 heavy (non-hydrogen) atoms. The molecule has 1 heterocycles. The van der Waals surface area contributed by atoms with Crippen LogP contribution in [0.25, 0.3) is 0 Å².